The normalized spacial score (nSPS) is 15.1. The van der Waals surface area contributed by atoms with Gasteiger partial charge in [-0.05, 0) is 36.0 Å². The maximum absolute atomic E-state index is 13.8. The third kappa shape index (κ3) is 4.13. The molecule has 0 radical (unpaired) electrons. The number of benzene rings is 2. The quantitative estimate of drug-likeness (QED) is 0.598. The third-order valence-electron chi connectivity index (χ3n) is 4.72. The summed E-state index contributed by atoms with van der Waals surface area (Å²) in [6.07, 6.45) is 2.66. The van der Waals surface area contributed by atoms with Gasteiger partial charge in [0, 0.05) is 35.8 Å². The molecule has 1 fully saturated rings. The number of hydrogen-bond donors (Lipinski definition) is 2. The highest BCUT2D eigenvalue weighted by Crippen LogP contribution is 2.32. The van der Waals surface area contributed by atoms with E-state index in [9.17, 15) is 23.6 Å². The Labute approximate surface area is 179 Å². The van der Waals surface area contributed by atoms with Gasteiger partial charge in [0.2, 0.25) is 5.43 Å². The molecular weight excluding hydrogens is 421 g/mol. The molecule has 0 saturated carbocycles. The molecule has 0 bridgehead atoms. The first-order valence-electron chi connectivity index (χ1n) is 9.34. The van der Waals surface area contributed by atoms with Crippen molar-refractivity contribution in [3.8, 4) is 0 Å². The van der Waals surface area contributed by atoms with E-state index in [0.717, 1.165) is 4.90 Å². The number of fused-ring (bicyclic) bond motifs is 1. The van der Waals surface area contributed by atoms with E-state index in [0.29, 0.717) is 22.7 Å². The second-order valence-electron chi connectivity index (χ2n) is 6.69. The monoisotopic (exact) mass is 437 g/mol. The van der Waals surface area contributed by atoms with Crippen LogP contribution in [0.4, 0.5) is 9.18 Å². The summed E-state index contributed by atoms with van der Waals surface area (Å²) in [5, 5.41) is 2.43. The molecule has 3 amide bonds. The Morgan fingerprint density at radius 2 is 1.84 bits per heavy atom. The van der Waals surface area contributed by atoms with Gasteiger partial charge in [0.05, 0.1) is 4.91 Å². The van der Waals surface area contributed by atoms with Crippen molar-refractivity contribution in [2.24, 2.45) is 0 Å². The zero-order valence-corrected chi connectivity index (χ0v) is 16.9. The highest BCUT2D eigenvalue weighted by molar-refractivity contribution is 8.18. The van der Waals surface area contributed by atoms with Crippen LogP contribution in [0.25, 0.3) is 17.0 Å². The van der Waals surface area contributed by atoms with Crippen molar-refractivity contribution in [2.75, 3.05) is 13.1 Å². The Bertz CT molecular complexity index is 1300. The van der Waals surface area contributed by atoms with Crippen LogP contribution in [0.2, 0.25) is 0 Å². The molecule has 2 heterocycles. The summed E-state index contributed by atoms with van der Waals surface area (Å²) >= 11 is 0.709. The number of pyridine rings is 1. The van der Waals surface area contributed by atoms with E-state index in [-0.39, 0.29) is 29.1 Å². The maximum atomic E-state index is 13.8. The molecule has 1 aliphatic heterocycles. The average Bonchev–Trinajstić information content (AvgIpc) is 3.03. The van der Waals surface area contributed by atoms with Crippen LogP contribution in [0.5, 0.6) is 0 Å². The lowest BCUT2D eigenvalue weighted by Gasteiger charge is -2.13. The number of aromatic nitrogens is 1. The van der Waals surface area contributed by atoms with Gasteiger partial charge in [-0.3, -0.25) is 24.1 Å². The van der Waals surface area contributed by atoms with Crippen molar-refractivity contribution >= 4 is 45.8 Å². The van der Waals surface area contributed by atoms with E-state index >= 15 is 0 Å². The largest absolute Gasteiger partial charge is 0.360 e. The van der Waals surface area contributed by atoms with Gasteiger partial charge < -0.3 is 10.3 Å². The number of aromatic amines is 1. The third-order valence-corrected chi connectivity index (χ3v) is 5.63. The summed E-state index contributed by atoms with van der Waals surface area (Å²) in [6, 6.07) is 12.7. The number of H-pyrrole nitrogens is 1. The standard InChI is InChI=1S/C22H16FN3O4S/c23-16-7-3-1-5-13(16)11-18-21(29)26(22(30)31-18)10-9-24-20(28)15-12-25-17-8-4-2-6-14(17)19(15)27/h1-8,11-12H,9-10H2,(H,24,28)(H,25,27). The Hall–Kier alpha value is -3.72. The van der Waals surface area contributed by atoms with E-state index in [1.807, 2.05) is 0 Å². The van der Waals surface area contributed by atoms with E-state index in [1.54, 1.807) is 30.3 Å². The molecular formula is C22H16FN3O4S. The van der Waals surface area contributed by atoms with Crippen molar-refractivity contribution in [1.82, 2.24) is 15.2 Å². The van der Waals surface area contributed by atoms with Crippen LogP contribution in [-0.2, 0) is 4.79 Å². The number of nitrogens with one attached hydrogen (secondary N) is 2. The number of imide groups is 1. The fourth-order valence-electron chi connectivity index (χ4n) is 3.14. The molecule has 156 valence electrons. The summed E-state index contributed by atoms with van der Waals surface area (Å²) in [6.45, 7) is -0.105. The predicted molar refractivity (Wildman–Crippen MR) is 116 cm³/mol. The Morgan fingerprint density at radius 1 is 1.10 bits per heavy atom. The van der Waals surface area contributed by atoms with Crippen LogP contribution >= 0.6 is 11.8 Å². The summed E-state index contributed by atoms with van der Waals surface area (Å²) in [5.74, 6) is -1.67. The van der Waals surface area contributed by atoms with Gasteiger partial charge in [-0.2, -0.15) is 0 Å². The van der Waals surface area contributed by atoms with Crippen LogP contribution in [-0.4, -0.2) is 40.0 Å². The SMILES string of the molecule is O=C(NCCN1C(=O)SC(=Cc2ccccc2F)C1=O)c1c[nH]c2ccccc2c1=O. The number of thioether (sulfide) groups is 1. The number of rotatable bonds is 5. The molecule has 7 nitrogen and oxygen atoms in total. The van der Waals surface area contributed by atoms with Crippen molar-refractivity contribution in [3.63, 3.8) is 0 Å². The zero-order valence-electron chi connectivity index (χ0n) is 16.1. The van der Waals surface area contributed by atoms with Gasteiger partial charge in [0.15, 0.2) is 0 Å². The number of nitrogens with zero attached hydrogens (tertiary/aromatic N) is 1. The molecule has 0 unspecified atom stereocenters. The second-order valence-corrected chi connectivity index (χ2v) is 7.68. The minimum Gasteiger partial charge on any atom is -0.360 e. The van der Waals surface area contributed by atoms with Gasteiger partial charge in [-0.1, -0.05) is 30.3 Å². The molecule has 0 atom stereocenters. The van der Waals surface area contributed by atoms with Crippen molar-refractivity contribution in [3.05, 3.63) is 86.8 Å². The summed E-state index contributed by atoms with van der Waals surface area (Å²) in [4.78, 5) is 53.6. The van der Waals surface area contributed by atoms with Gasteiger partial charge in [-0.15, -0.1) is 0 Å². The Kier molecular flexibility index (Phi) is 5.68. The van der Waals surface area contributed by atoms with Crippen LogP contribution in [0.1, 0.15) is 15.9 Å². The van der Waals surface area contributed by atoms with E-state index in [2.05, 4.69) is 10.3 Å². The molecule has 1 saturated heterocycles. The number of amides is 3. The van der Waals surface area contributed by atoms with Crippen molar-refractivity contribution in [2.45, 2.75) is 0 Å². The average molecular weight is 437 g/mol. The van der Waals surface area contributed by atoms with Gasteiger partial charge in [0.1, 0.15) is 11.4 Å². The maximum Gasteiger partial charge on any atom is 0.293 e. The number of halogens is 1. The summed E-state index contributed by atoms with van der Waals surface area (Å²) < 4.78 is 13.8. The lowest BCUT2D eigenvalue weighted by molar-refractivity contribution is -0.122. The molecule has 3 aromatic rings. The first-order chi connectivity index (χ1) is 15.0. The minimum atomic E-state index is -0.610. The van der Waals surface area contributed by atoms with E-state index < -0.39 is 28.3 Å². The molecule has 4 rings (SSSR count). The summed E-state index contributed by atoms with van der Waals surface area (Å²) in [7, 11) is 0. The Balaban J connectivity index is 1.42. The molecule has 2 N–H and O–H groups in total. The Morgan fingerprint density at radius 3 is 2.65 bits per heavy atom. The predicted octanol–water partition coefficient (Wildman–Crippen LogP) is 3.13. The fourth-order valence-corrected chi connectivity index (χ4v) is 3.99. The number of carbonyl (C=O) groups is 3. The smallest absolute Gasteiger partial charge is 0.293 e. The van der Waals surface area contributed by atoms with Gasteiger partial charge >= 0.3 is 0 Å². The topological polar surface area (TPSA) is 99.3 Å². The highest BCUT2D eigenvalue weighted by atomic mass is 32.2. The van der Waals surface area contributed by atoms with E-state index in [4.69, 9.17) is 0 Å². The fraction of sp³-hybridized carbons (Fsp3) is 0.0909. The van der Waals surface area contributed by atoms with Crippen LogP contribution in [0.15, 0.2) is 64.4 Å². The van der Waals surface area contributed by atoms with Crippen molar-refractivity contribution in [1.29, 1.82) is 0 Å². The molecule has 31 heavy (non-hydrogen) atoms. The first-order valence-corrected chi connectivity index (χ1v) is 10.2. The summed E-state index contributed by atoms with van der Waals surface area (Å²) in [5.41, 5.74) is 0.346. The molecule has 0 aliphatic carbocycles. The molecule has 2 aromatic carbocycles. The zero-order chi connectivity index (χ0) is 22.0. The van der Waals surface area contributed by atoms with Crippen LogP contribution < -0.4 is 10.7 Å². The minimum absolute atomic E-state index is 0.0316. The second kappa shape index (κ2) is 8.57. The van der Waals surface area contributed by atoms with Crippen molar-refractivity contribution < 1.29 is 18.8 Å². The highest BCUT2D eigenvalue weighted by Gasteiger charge is 2.34. The van der Waals surface area contributed by atoms with Gasteiger partial charge in [0.25, 0.3) is 17.1 Å². The molecule has 1 aromatic heterocycles. The van der Waals surface area contributed by atoms with E-state index in [1.165, 1.54) is 30.5 Å². The first kappa shape index (κ1) is 20.5. The van der Waals surface area contributed by atoms with Crippen LogP contribution in [0.3, 0.4) is 0 Å². The molecule has 9 heteroatoms. The lowest BCUT2D eigenvalue weighted by atomic mass is 10.1. The molecule has 1 aliphatic rings. The van der Waals surface area contributed by atoms with Gasteiger partial charge in [-0.25, -0.2) is 4.39 Å². The lowest BCUT2D eigenvalue weighted by Crippen LogP contribution is -2.38. The molecule has 0 spiro atoms. The number of carbonyl (C=O) groups excluding carboxylic acids is 3. The number of hydrogen-bond acceptors (Lipinski definition) is 5. The van der Waals surface area contributed by atoms with Crippen LogP contribution in [0, 0.1) is 5.82 Å². The number of para-hydroxylation sites is 1.